The van der Waals surface area contributed by atoms with Crippen LogP contribution < -0.4 is 5.11 Å². The zero-order valence-electron chi connectivity index (χ0n) is 7.34. The standard InChI is InChI=1S/C10H16O2/c11-9(12)8-4-7-10(8)5-2-1-3-6-10/h8H,1-7H2,(H,11,12)/p-1. The highest BCUT2D eigenvalue weighted by Crippen LogP contribution is 2.55. The molecule has 0 radical (unpaired) electrons. The van der Waals surface area contributed by atoms with Gasteiger partial charge in [-0.15, -0.1) is 0 Å². The van der Waals surface area contributed by atoms with Crippen molar-refractivity contribution in [3.63, 3.8) is 0 Å². The fourth-order valence-corrected chi connectivity index (χ4v) is 2.92. The number of aliphatic carboxylic acids is 1. The first-order valence-electron chi connectivity index (χ1n) is 4.95. The first-order valence-corrected chi connectivity index (χ1v) is 4.95. The first kappa shape index (κ1) is 8.09. The summed E-state index contributed by atoms with van der Waals surface area (Å²) in [5.74, 6) is -0.916. The van der Waals surface area contributed by atoms with Gasteiger partial charge in [0.25, 0.3) is 0 Å². The fraction of sp³-hybridized carbons (Fsp3) is 0.900. The van der Waals surface area contributed by atoms with Gasteiger partial charge >= 0.3 is 0 Å². The van der Waals surface area contributed by atoms with Crippen molar-refractivity contribution in [2.45, 2.75) is 44.9 Å². The zero-order chi connectivity index (χ0) is 8.60. The number of hydrogen-bond acceptors (Lipinski definition) is 2. The van der Waals surface area contributed by atoms with Gasteiger partial charge in [0.05, 0.1) is 0 Å². The number of hydrogen-bond donors (Lipinski definition) is 0. The monoisotopic (exact) mass is 167 g/mol. The molecule has 2 aliphatic carbocycles. The van der Waals surface area contributed by atoms with Gasteiger partial charge < -0.3 is 9.90 Å². The minimum Gasteiger partial charge on any atom is -0.550 e. The molecule has 0 aromatic rings. The number of carboxylic acid groups (broad SMARTS) is 1. The molecule has 0 saturated heterocycles. The van der Waals surface area contributed by atoms with Crippen LogP contribution in [0, 0.1) is 11.3 Å². The van der Waals surface area contributed by atoms with E-state index in [1.54, 1.807) is 0 Å². The van der Waals surface area contributed by atoms with Crippen LogP contribution in [0.15, 0.2) is 0 Å². The van der Waals surface area contributed by atoms with E-state index in [1.807, 2.05) is 0 Å². The lowest BCUT2D eigenvalue weighted by molar-refractivity contribution is -0.321. The lowest BCUT2D eigenvalue weighted by Crippen LogP contribution is -2.50. The predicted octanol–water partition coefficient (Wildman–Crippen LogP) is 1.10. The van der Waals surface area contributed by atoms with Crippen molar-refractivity contribution in [2.24, 2.45) is 11.3 Å². The summed E-state index contributed by atoms with van der Waals surface area (Å²) in [7, 11) is 0. The lowest BCUT2D eigenvalue weighted by Gasteiger charge is -2.52. The molecule has 1 atom stereocenters. The molecule has 2 aliphatic rings. The second kappa shape index (κ2) is 2.75. The summed E-state index contributed by atoms with van der Waals surface area (Å²) in [6.07, 6.45) is 8.00. The van der Waals surface area contributed by atoms with E-state index in [9.17, 15) is 9.90 Å². The molecule has 68 valence electrons. The second-order valence-electron chi connectivity index (χ2n) is 4.33. The van der Waals surface area contributed by atoms with Gasteiger partial charge in [0.1, 0.15) is 0 Å². The molecule has 0 aliphatic heterocycles. The fourth-order valence-electron chi connectivity index (χ4n) is 2.92. The van der Waals surface area contributed by atoms with Gasteiger partial charge in [-0.2, -0.15) is 0 Å². The molecular formula is C10H15O2-. The third-order valence-electron chi connectivity index (χ3n) is 3.80. The Morgan fingerprint density at radius 3 is 2.25 bits per heavy atom. The van der Waals surface area contributed by atoms with Crippen molar-refractivity contribution in [1.29, 1.82) is 0 Å². The van der Waals surface area contributed by atoms with Gasteiger partial charge in [-0.25, -0.2) is 0 Å². The van der Waals surface area contributed by atoms with Gasteiger partial charge in [-0.3, -0.25) is 0 Å². The average molecular weight is 167 g/mol. The minimum atomic E-state index is -0.803. The molecule has 1 spiro atoms. The second-order valence-corrected chi connectivity index (χ2v) is 4.33. The van der Waals surface area contributed by atoms with E-state index in [2.05, 4.69) is 0 Å². The molecule has 0 amide bonds. The average Bonchev–Trinajstić information content (AvgIpc) is 2.03. The Balaban J connectivity index is 2.05. The van der Waals surface area contributed by atoms with Gasteiger partial charge in [0, 0.05) is 11.9 Å². The highest BCUT2D eigenvalue weighted by molar-refractivity contribution is 5.70. The SMILES string of the molecule is O=C([O-])C1CCC12CCCCC2. The maximum atomic E-state index is 10.7. The summed E-state index contributed by atoms with van der Waals surface area (Å²) in [6, 6.07) is 0. The highest BCUT2D eigenvalue weighted by atomic mass is 16.4. The summed E-state index contributed by atoms with van der Waals surface area (Å²) in [5.41, 5.74) is 0.178. The Bertz CT molecular complexity index is 192. The number of carbonyl (C=O) groups is 1. The van der Waals surface area contributed by atoms with Crippen molar-refractivity contribution in [2.75, 3.05) is 0 Å². The van der Waals surface area contributed by atoms with Gasteiger partial charge in [-0.05, 0) is 31.1 Å². The van der Waals surface area contributed by atoms with E-state index in [4.69, 9.17) is 0 Å². The maximum absolute atomic E-state index is 10.7. The van der Waals surface area contributed by atoms with Crippen LogP contribution in [0.1, 0.15) is 44.9 Å². The van der Waals surface area contributed by atoms with Crippen molar-refractivity contribution in [3.05, 3.63) is 0 Å². The summed E-state index contributed by atoms with van der Waals surface area (Å²) in [5, 5.41) is 10.7. The van der Waals surface area contributed by atoms with E-state index >= 15 is 0 Å². The Morgan fingerprint density at radius 1 is 1.17 bits per heavy atom. The molecule has 0 heterocycles. The largest absolute Gasteiger partial charge is 0.550 e. The summed E-state index contributed by atoms with van der Waals surface area (Å²) in [4.78, 5) is 10.7. The van der Waals surface area contributed by atoms with Crippen LogP contribution in [0.5, 0.6) is 0 Å². The number of carboxylic acids is 1. The van der Waals surface area contributed by atoms with E-state index in [0.29, 0.717) is 0 Å². The summed E-state index contributed by atoms with van der Waals surface area (Å²) >= 11 is 0. The van der Waals surface area contributed by atoms with Gasteiger partial charge in [0.2, 0.25) is 0 Å². The Labute approximate surface area is 73.0 Å². The van der Waals surface area contributed by atoms with Crippen LogP contribution in [-0.2, 0) is 4.79 Å². The van der Waals surface area contributed by atoms with E-state index in [-0.39, 0.29) is 11.3 Å². The number of rotatable bonds is 1. The first-order chi connectivity index (χ1) is 5.75. The minimum absolute atomic E-state index is 0.113. The molecule has 2 nitrogen and oxygen atoms in total. The lowest BCUT2D eigenvalue weighted by atomic mass is 9.54. The van der Waals surface area contributed by atoms with Crippen LogP contribution in [-0.4, -0.2) is 5.97 Å². The van der Waals surface area contributed by atoms with Crippen LogP contribution in [0.4, 0.5) is 0 Å². The molecule has 2 saturated carbocycles. The van der Waals surface area contributed by atoms with Crippen LogP contribution >= 0.6 is 0 Å². The molecule has 0 N–H and O–H groups in total. The normalized spacial score (nSPS) is 32.8. The molecule has 12 heavy (non-hydrogen) atoms. The Hall–Kier alpha value is -0.530. The van der Waals surface area contributed by atoms with Crippen LogP contribution in [0.2, 0.25) is 0 Å². The molecule has 0 aromatic heterocycles. The van der Waals surface area contributed by atoms with E-state index in [0.717, 1.165) is 25.7 Å². The Morgan fingerprint density at radius 2 is 1.83 bits per heavy atom. The van der Waals surface area contributed by atoms with Gasteiger partial charge in [-0.1, -0.05) is 19.3 Å². The van der Waals surface area contributed by atoms with Crippen molar-refractivity contribution in [3.8, 4) is 0 Å². The maximum Gasteiger partial charge on any atom is 0.0450 e. The van der Waals surface area contributed by atoms with Gasteiger partial charge in [0.15, 0.2) is 0 Å². The zero-order valence-corrected chi connectivity index (χ0v) is 7.34. The third-order valence-corrected chi connectivity index (χ3v) is 3.80. The van der Waals surface area contributed by atoms with Crippen molar-refractivity contribution < 1.29 is 9.90 Å². The van der Waals surface area contributed by atoms with E-state index in [1.165, 1.54) is 19.3 Å². The quantitative estimate of drug-likeness (QED) is 0.586. The predicted molar refractivity (Wildman–Crippen MR) is 43.2 cm³/mol. The van der Waals surface area contributed by atoms with Crippen molar-refractivity contribution in [1.82, 2.24) is 0 Å². The smallest absolute Gasteiger partial charge is 0.0450 e. The Kier molecular flexibility index (Phi) is 1.85. The molecule has 2 rings (SSSR count). The van der Waals surface area contributed by atoms with Crippen LogP contribution in [0.25, 0.3) is 0 Å². The topological polar surface area (TPSA) is 40.1 Å². The molecule has 0 bridgehead atoms. The molecule has 2 fully saturated rings. The highest BCUT2D eigenvalue weighted by Gasteiger charge is 2.47. The third kappa shape index (κ3) is 1.05. The molecule has 2 heteroatoms. The van der Waals surface area contributed by atoms with Crippen molar-refractivity contribution >= 4 is 5.97 Å². The molecular weight excluding hydrogens is 152 g/mol. The molecule has 1 unspecified atom stereocenters. The van der Waals surface area contributed by atoms with E-state index < -0.39 is 5.97 Å². The summed E-state index contributed by atoms with van der Waals surface area (Å²) in [6.45, 7) is 0. The van der Waals surface area contributed by atoms with Crippen LogP contribution in [0.3, 0.4) is 0 Å². The summed E-state index contributed by atoms with van der Waals surface area (Å²) < 4.78 is 0. The molecule has 0 aromatic carbocycles. The number of carbonyl (C=O) groups excluding carboxylic acids is 1.